The molecule has 0 aliphatic heterocycles. The molecule has 2 aromatic rings. The molecule has 4 nitrogen and oxygen atoms in total. The summed E-state index contributed by atoms with van der Waals surface area (Å²) in [5.41, 5.74) is 3.21. The summed E-state index contributed by atoms with van der Waals surface area (Å²) >= 11 is 5.93. The molecule has 0 saturated heterocycles. The average molecular weight is 295 g/mol. The largest absolute Gasteiger partial charge is 0.313 e. The number of nitrogens with zero attached hydrogens (tertiary/aromatic N) is 4. The molecule has 0 amide bonds. The van der Waals surface area contributed by atoms with Gasteiger partial charge in [-0.05, 0) is 19.3 Å². The van der Waals surface area contributed by atoms with Gasteiger partial charge in [-0.25, -0.2) is 4.98 Å². The first-order valence-corrected chi connectivity index (χ1v) is 8.19. The SMILES string of the molecule is Cc1nn(C)c2c1nc(CCCl)n2CCC1CCCC1. The Bertz CT molecular complexity index is 593. The van der Waals surface area contributed by atoms with E-state index in [1.165, 1.54) is 32.1 Å². The van der Waals surface area contributed by atoms with Crippen LogP contribution in [0, 0.1) is 12.8 Å². The van der Waals surface area contributed by atoms with Gasteiger partial charge < -0.3 is 4.57 Å². The van der Waals surface area contributed by atoms with E-state index >= 15 is 0 Å². The number of aryl methyl sites for hydroxylation is 4. The first-order valence-electron chi connectivity index (χ1n) is 7.65. The zero-order chi connectivity index (χ0) is 14.1. The zero-order valence-electron chi connectivity index (χ0n) is 12.4. The zero-order valence-corrected chi connectivity index (χ0v) is 13.2. The van der Waals surface area contributed by atoms with Crippen molar-refractivity contribution in [3.05, 3.63) is 11.5 Å². The second-order valence-electron chi connectivity index (χ2n) is 5.94. The predicted octanol–water partition coefficient (Wildman–Crippen LogP) is 3.44. The lowest BCUT2D eigenvalue weighted by Crippen LogP contribution is -2.10. The molecule has 0 bridgehead atoms. The summed E-state index contributed by atoms with van der Waals surface area (Å²) in [6, 6.07) is 0. The van der Waals surface area contributed by atoms with Crippen LogP contribution in [0.3, 0.4) is 0 Å². The number of imidazole rings is 1. The van der Waals surface area contributed by atoms with Crippen LogP contribution in [0.25, 0.3) is 11.2 Å². The van der Waals surface area contributed by atoms with Gasteiger partial charge in [-0.2, -0.15) is 5.10 Å². The first kappa shape index (κ1) is 13.9. The van der Waals surface area contributed by atoms with Crippen molar-refractivity contribution in [2.24, 2.45) is 13.0 Å². The van der Waals surface area contributed by atoms with Gasteiger partial charge in [0.25, 0.3) is 0 Å². The molecule has 0 radical (unpaired) electrons. The lowest BCUT2D eigenvalue weighted by Gasteiger charge is -2.12. The molecule has 0 aromatic carbocycles. The third-order valence-corrected chi connectivity index (χ3v) is 4.71. The maximum atomic E-state index is 5.93. The fraction of sp³-hybridized carbons (Fsp3) is 0.733. The van der Waals surface area contributed by atoms with E-state index in [-0.39, 0.29) is 0 Å². The van der Waals surface area contributed by atoms with Crippen LogP contribution in [0.4, 0.5) is 0 Å². The van der Waals surface area contributed by atoms with Crippen molar-refractivity contribution in [1.82, 2.24) is 19.3 Å². The van der Waals surface area contributed by atoms with E-state index in [2.05, 4.69) is 9.67 Å². The molecule has 1 fully saturated rings. The maximum absolute atomic E-state index is 5.93. The lowest BCUT2D eigenvalue weighted by molar-refractivity contribution is 0.454. The summed E-state index contributed by atoms with van der Waals surface area (Å²) in [6.07, 6.45) is 7.69. The average Bonchev–Trinajstić information content (AvgIpc) is 3.08. The molecule has 0 atom stereocenters. The smallest absolute Gasteiger partial charge is 0.158 e. The number of aromatic nitrogens is 4. The van der Waals surface area contributed by atoms with Crippen molar-refractivity contribution < 1.29 is 0 Å². The first-order chi connectivity index (χ1) is 9.70. The number of fused-ring (bicyclic) bond motifs is 1. The number of hydrogen-bond donors (Lipinski definition) is 0. The van der Waals surface area contributed by atoms with Gasteiger partial charge in [0.15, 0.2) is 5.65 Å². The van der Waals surface area contributed by atoms with Crippen molar-refractivity contribution in [2.45, 2.75) is 52.0 Å². The van der Waals surface area contributed by atoms with Crippen molar-refractivity contribution in [1.29, 1.82) is 0 Å². The van der Waals surface area contributed by atoms with Crippen molar-refractivity contribution in [2.75, 3.05) is 5.88 Å². The quantitative estimate of drug-likeness (QED) is 0.792. The minimum atomic E-state index is 0.624. The Kier molecular flexibility index (Phi) is 4.01. The summed E-state index contributed by atoms with van der Waals surface area (Å²) in [5, 5.41) is 4.49. The molecule has 0 unspecified atom stereocenters. The van der Waals surface area contributed by atoms with Crippen LogP contribution in [0.15, 0.2) is 0 Å². The van der Waals surface area contributed by atoms with Gasteiger partial charge in [0.05, 0.1) is 5.69 Å². The van der Waals surface area contributed by atoms with Gasteiger partial charge in [0.2, 0.25) is 0 Å². The van der Waals surface area contributed by atoms with E-state index in [4.69, 9.17) is 16.6 Å². The highest BCUT2D eigenvalue weighted by molar-refractivity contribution is 6.17. The van der Waals surface area contributed by atoms with Crippen LogP contribution in [0.2, 0.25) is 0 Å². The number of alkyl halides is 1. The Hall–Kier alpha value is -1.03. The molecule has 20 heavy (non-hydrogen) atoms. The molecule has 1 aliphatic rings. The predicted molar refractivity (Wildman–Crippen MR) is 82.2 cm³/mol. The molecule has 2 heterocycles. The Morgan fingerprint density at radius 2 is 2.05 bits per heavy atom. The molecule has 3 rings (SSSR count). The topological polar surface area (TPSA) is 35.6 Å². The Labute approximate surface area is 125 Å². The summed E-state index contributed by atoms with van der Waals surface area (Å²) in [6.45, 7) is 3.08. The Morgan fingerprint density at radius 3 is 2.75 bits per heavy atom. The van der Waals surface area contributed by atoms with Crippen LogP contribution >= 0.6 is 11.6 Å². The van der Waals surface area contributed by atoms with Crippen LogP contribution in [0.1, 0.15) is 43.6 Å². The minimum absolute atomic E-state index is 0.624. The summed E-state index contributed by atoms with van der Waals surface area (Å²) < 4.78 is 4.31. The number of hydrogen-bond acceptors (Lipinski definition) is 2. The van der Waals surface area contributed by atoms with Gasteiger partial charge in [-0.3, -0.25) is 4.68 Å². The van der Waals surface area contributed by atoms with Crippen LogP contribution in [0.5, 0.6) is 0 Å². The Morgan fingerprint density at radius 1 is 1.30 bits per heavy atom. The molecular formula is C15H23ClN4. The van der Waals surface area contributed by atoms with E-state index in [0.29, 0.717) is 5.88 Å². The highest BCUT2D eigenvalue weighted by Crippen LogP contribution is 2.29. The van der Waals surface area contributed by atoms with Gasteiger partial charge in [0, 0.05) is 25.9 Å². The number of halogens is 1. The fourth-order valence-corrected chi connectivity index (χ4v) is 3.67. The maximum Gasteiger partial charge on any atom is 0.158 e. The van der Waals surface area contributed by atoms with Gasteiger partial charge >= 0.3 is 0 Å². The van der Waals surface area contributed by atoms with E-state index in [9.17, 15) is 0 Å². The molecule has 0 spiro atoms. The third-order valence-electron chi connectivity index (χ3n) is 4.52. The second kappa shape index (κ2) is 5.76. The molecule has 1 saturated carbocycles. The van der Waals surface area contributed by atoms with Crippen molar-refractivity contribution >= 4 is 22.8 Å². The standard InChI is InChI=1S/C15H23ClN4/c1-11-14-15(19(2)18-11)20(13(17-14)7-9-16)10-8-12-5-3-4-6-12/h12H,3-10H2,1-2H3. The molecule has 5 heteroatoms. The van der Waals surface area contributed by atoms with E-state index < -0.39 is 0 Å². The van der Waals surface area contributed by atoms with Gasteiger partial charge in [-0.15, -0.1) is 11.6 Å². The van der Waals surface area contributed by atoms with E-state index in [0.717, 1.165) is 41.6 Å². The second-order valence-corrected chi connectivity index (χ2v) is 6.32. The highest BCUT2D eigenvalue weighted by atomic mass is 35.5. The molecule has 0 N–H and O–H groups in total. The fourth-order valence-electron chi connectivity index (χ4n) is 3.50. The minimum Gasteiger partial charge on any atom is -0.313 e. The molecule has 2 aromatic heterocycles. The third kappa shape index (κ3) is 2.46. The van der Waals surface area contributed by atoms with Crippen molar-refractivity contribution in [3.8, 4) is 0 Å². The van der Waals surface area contributed by atoms with Crippen molar-refractivity contribution in [3.63, 3.8) is 0 Å². The van der Waals surface area contributed by atoms with Gasteiger partial charge in [0.1, 0.15) is 11.3 Å². The highest BCUT2D eigenvalue weighted by Gasteiger charge is 2.19. The molecule has 1 aliphatic carbocycles. The summed E-state index contributed by atoms with van der Waals surface area (Å²) in [7, 11) is 2.01. The summed E-state index contributed by atoms with van der Waals surface area (Å²) in [5.74, 6) is 2.63. The van der Waals surface area contributed by atoms with Crippen LogP contribution < -0.4 is 0 Å². The normalized spacial score (nSPS) is 16.6. The summed E-state index contributed by atoms with van der Waals surface area (Å²) in [4.78, 5) is 4.76. The molecule has 110 valence electrons. The number of rotatable bonds is 5. The van der Waals surface area contributed by atoms with E-state index in [1.807, 2.05) is 18.7 Å². The van der Waals surface area contributed by atoms with Gasteiger partial charge in [-0.1, -0.05) is 25.7 Å². The van der Waals surface area contributed by atoms with Crippen LogP contribution in [-0.2, 0) is 20.0 Å². The Balaban J connectivity index is 1.90. The molecular weight excluding hydrogens is 272 g/mol. The monoisotopic (exact) mass is 294 g/mol. The lowest BCUT2D eigenvalue weighted by atomic mass is 10.0. The van der Waals surface area contributed by atoms with E-state index in [1.54, 1.807) is 0 Å². The van der Waals surface area contributed by atoms with Crippen LogP contribution in [-0.4, -0.2) is 25.2 Å².